The molecule has 0 atom stereocenters. The third-order valence-electron chi connectivity index (χ3n) is 2.76. The van der Waals surface area contributed by atoms with Gasteiger partial charge in [0, 0.05) is 22.3 Å². The van der Waals surface area contributed by atoms with Gasteiger partial charge in [0.25, 0.3) is 5.69 Å². The maximum Gasteiger partial charge on any atom is 0.433 e. The molecule has 0 aliphatic heterocycles. The van der Waals surface area contributed by atoms with E-state index in [9.17, 15) is 28.1 Å². The standard InChI is InChI=1S/C13H6Cl2F3N3O3/c14-8-5-9(15)10(21(23)24)3-6(8)1-2-7-4-11(13(16,17)18)20-12(22)19-7/h1-5H,(H,19,20,22)/b2-1+. The number of hydrogen-bond acceptors (Lipinski definition) is 4. The van der Waals surface area contributed by atoms with Crippen LogP contribution in [0, 0.1) is 10.1 Å². The van der Waals surface area contributed by atoms with E-state index in [0.29, 0.717) is 6.07 Å². The molecule has 1 heterocycles. The van der Waals surface area contributed by atoms with Crippen molar-refractivity contribution in [2.45, 2.75) is 6.18 Å². The van der Waals surface area contributed by atoms with E-state index in [4.69, 9.17) is 23.2 Å². The van der Waals surface area contributed by atoms with Crippen LogP contribution in [-0.2, 0) is 6.18 Å². The van der Waals surface area contributed by atoms with Crippen molar-refractivity contribution in [2.24, 2.45) is 0 Å². The van der Waals surface area contributed by atoms with Gasteiger partial charge in [-0.2, -0.15) is 18.2 Å². The van der Waals surface area contributed by atoms with Crippen molar-refractivity contribution in [3.63, 3.8) is 0 Å². The Morgan fingerprint density at radius 2 is 1.83 bits per heavy atom. The lowest BCUT2D eigenvalue weighted by atomic mass is 10.1. The molecule has 0 radical (unpaired) electrons. The Labute approximate surface area is 141 Å². The summed E-state index contributed by atoms with van der Waals surface area (Å²) in [5, 5.41) is 10.7. The van der Waals surface area contributed by atoms with Crippen molar-refractivity contribution in [3.05, 3.63) is 65.8 Å². The van der Waals surface area contributed by atoms with Crippen molar-refractivity contribution in [2.75, 3.05) is 0 Å². The molecule has 11 heteroatoms. The van der Waals surface area contributed by atoms with Gasteiger partial charge in [-0.15, -0.1) is 0 Å². The monoisotopic (exact) mass is 379 g/mol. The molecule has 126 valence electrons. The average Bonchev–Trinajstić information content (AvgIpc) is 2.44. The van der Waals surface area contributed by atoms with Gasteiger partial charge in [-0.1, -0.05) is 29.3 Å². The van der Waals surface area contributed by atoms with Gasteiger partial charge in [0.2, 0.25) is 0 Å². The number of nitro benzene ring substituents is 1. The molecule has 0 aliphatic carbocycles. The molecule has 0 saturated heterocycles. The van der Waals surface area contributed by atoms with Gasteiger partial charge in [0.15, 0.2) is 5.69 Å². The minimum Gasteiger partial charge on any atom is -0.306 e. The molecule has 0 amide bonds. The summed E-state index contributed by atoms with van der Waals surface area (Å²) in [6, 6.07) is 2.82. The van der Waals surface area contributed by atoms with Crippen LogP contribution >= 0.6 is 23.2 Å². The van der Waals surface area contributed by atoms with Crippen molar-refractivity contribution in [1.82, 2.24) is 9.97 Å². The van der Waals surface area contributed by atoms with E-state index in [1.54, 1.807) is 0 Å². The summed E-state index contributed by atoms with van der Waals surface area (Å²) in [6.45, 7) is 0. The second kappa shape index (κ2) is 6.62. The Kier molecular flexibility index (Phi) is 4.95. The van der Waals surface area contributed by atoms with Crippen molar-refractivity contribution in [3.8, 4) is 0 Å². The molecule has 24 heavy (non-hydrogen) atoms. The highest BCUT2D eigenvalue weighted by atomic mass is 35.5. The molecule has 6 nitrogen and oxygen atoms in total. The largest absolute Gasteiger partial charge is 0.433 e. The van der Waals surface area contributed by atoms with Gasteiger partial charge in [-0.25, -0.2) is 4.79 Å². The summed E-state index contributed by atoms with van der Waals surface area (Å²) in [6.07, 6.45) is -2.47. The number of alkyl halides is 3. The lowest BCUT2D eigenvalue weighted by Crippen LogP contribution is -2.19. The highest BCUT2D eigenvalue weighted by Gasteiger charge is 2.33. The summed E-state index contributed by atoms with van der Waals surface area (Å²) < 4.78 is 37.8. The predicted molar refractivity (Wildman–Crippen MR) is 81.9 cm³/mol. The number of hydrogen-bond donors (Lipinski definition) is 1. The summed E-state index contributed by atoms with van der Waals surface area (Å²) in [7, 11) is 0. The minimum absolute atomic E-state index is 0.0503. The normalized spacial score (nSPS) is 11.9. The van der Waals surface area contributed by atoms with Crippen molar-refractivity contribution >= 4 is 41.0 Å². The molecule has 0 unspecified atom stereocenters. The molecule has 2 aromatic rings. The molecular weight excluding hydrogens is 374 g/mol. The Hall–Kier alpha value is -2.39. The van der Waals surface area contributed by atoms with E-state index in [1.165, 1.54) is 6.08 Å². The Morgan fingerprint density at radius 3 is 2.42 bits per heavy atom. The lowest BCUT2D eigenvalue weighted by molar-refractivity contribution is -0.384. The molecule has 0 aliphatic rings. The maximum absolute atomic E-state index is 12.6. The second-order valence-electron chi connectivity index (χ2n) is 4.44. The Morgan fingerprint density at radius 1 is 1.17 bits per heavy atom. The fraction of sp³-hybridized carbons (Fsp3) is 0.0769. The third-order valence-corrected chi connectivity index (χ3v) is 3.39. The fourth-order valence-electron chi connectivity index (χ4n) is 1.71. The average molecular weight is 380 g/mol. The van der Waals surface area contributed by atoms with Crippen LogP contribution in [0.15, 0.2) is 23.0 Å². The van der Waals surface area contributed by atoms with Crippen LogP contribution in [0.25, 0.3) is 12.2 Å². The van der Waals surface area contributed by atoms with Crippen molar-refractivity contribution in [1.29, 1.82) is 0 Å². The zero-order valence-corrected chi connectivity index (χ0v) is 12.9. The summed E-state index contributed by atoms with van der Waals surface area (Å²) in [5.74, 6) is 0. The minimum atomic E-state index is -4.78. The maximum atomic E-state index is 12.6. The van der Waals surface area contributed by atoms with Crippen molar-refractivity contribution < 1.29 is 18.1 Å². The van der Waals surface area contributed by atoms with Crippen LogP contribution in [0.3, 0.4) is 0 Å². The molecule has 0 bridgehead atoms. The smallest absolute Gasteiger partial charge is 0.306 e. The first kappa shape index (κ1) is 18.0. The first-order valence-corrected chi connectivity index (χ1v) is 6.83. The molecule has 1 N–H and O–H groups in total. The molecule has 1 aromatic carbocycles. The molecule has 1 aromatic heterocycles. The van der Waals surface area contributed by atoms with Gasteiger partial charge in [0.05, 0.1) is 4.92 Å². The topological polar surface area (TPSA) is 88.9 Å². The van der Waals surface area contributed by atoms with E-state index in [0.717, 1.165) is 18.2 Å². The number of H-pyrrole nitrogens is 1. The number of halogens is 5. The van der Waals surface area contributed by atoms with Crippen LogP contribution in [0.2, 0.25) is 10.0 Å². The van der Waals surface area contributed by atoms with Gasteiger partial charge >= 0.3 is 11.9 Å². The number of rotatable bonds is 3. The Balaban J connectivity index is 2.45. The first-order valence-electron chi connectivity index (χ1n) is 6.08. The van der Waals surface area contributed by atoms with E-state index < -0.39 is 28.2 Å². The quantitative estimate of drug-likeness (QED) is 0.639. The van der Waals surface area contributed by atoms with E-state index in [2.05, 4.69) is 9.97 Å². The number of nitrogens with one attached hydrogen (secondary N) is 1. The highest BCUT2D eigenvalue weighted by Crippen LogP contribution is 2.32. The highest BCUT2D eigenvalue weighted by molar-refractivity contribution is 6.36. The van der Waals surface area contributed by atoms with E-state index in [-0.39, 0.29) is 21.3 Å². The van der Waals surface area contributed by atoms with Crippen LogP contribution in [0.5, 0.6) is 0 Å². The fourth-order valence-corrected chi connectivity index (χ4v) is 2.23. The van der Waals surface area contributed by atoms with Crippen LogP contribution in [0.4, 0.5) is 18.9 Å². The molecule has 0 fully saturated rings. The second-order valence-corrected chi connectivity index (χ2v) is 5.25. The molecular formula is C13H6Cl2F3N3O3. The third kappa shape index (κ3) is 4.12. The SMILES string of the molecule is O=c1nc(C(F)(F)F)cc(/C=C/c2cc([N+](=O)[O-])c(Cl)cc2Cl)[nH]1. The molecule has 2 rings (SSSR count). The number of nitro groups is 1. The molecule has 0 spiro atoms. The molecule has 0 saturated carbocycles. The summed E-state index contributed by atoms with van der Waals surface area (Å²) in [5.41, 5.74) is -3.02. The number of aromatic nitrogens is 2. The first-order chi connectivity index (χ1) is 11.1. The number of benzene rings is 1. The predicted octanol–water partition coefficient (Wildman–Crippen LogP) is 4.17. The van der Waals surface area contributed by atoms with Crippen LogP contribution in [0.1, 0.15) is 17.0 Å². The zero-order chi connectivity index (χ0) is 18.1. The van der Waals surface area contributed by atoms with Gasteiger partial charge in [0.1, 0.15) is 5.02 Å². The van der Waals surface area contributed by atoms with Gasteiger partial charge in [-0.3, -0.25) is 10.1 Å². The van der Waals surface area contributed by atoms with E-state index in [1.807, 2.05) is 0 Å². The van der Waals surface area contributed by atoms with Crippen LogP contribution < -0.4 is 5.69 Å². The number of aromatic amines is 1. The van der Waals surface area contributed by atoms with Gasteiger partial charge < -0.3 is 4.98 Å². The summed E-state index contributed by atoms with van der Waals surface area (Å²) in [4.78, 5) is 26.2. The summed E-state index contributed by atoms with van der Waals surface area (Å²) >= 11 is 11.6. The van der Waals surface area contributed by atoms with E-state index >= 15 is 0 Å². The Bertz CT molecular complexity index is 894. The van der Waals surface area contributed by atoms with Gasteiger partial charge in [-0.05, 0) is 18.2 Å². The zero-order valence-electron chi connectivity index (χ0n) is 11.4. The lowest BCUT2D eigenvalue weighted by Gasteiger charge is -2.05. The van der Waals surface area contributed by atoms with Crippen LogP contribution in [-0.4, -0.2) is 14.9 Å². The number of nitrogens with zero attached hydrogens (tertiary/aromatic N) is 2.